The maximum absolute atomic E-state index is 11.9. The molecule has 114 valence electrons. The zero-order valence-electron chi connectivity index (χ0n) is 12.1. The van der Waals surface area contributed by atoms with Crippen LogP contribution in [0.4, 0.5) is 0 Å². The number of hydrogen-bond donors (Lipinski definition) is 3. The minimum Gasteiger partial charge on any atom is -0.368 e. The van der Waals surface area contributed by atoms with Crippen molar-refractivity contribution in [3.8, 4) is 0 Å². The third kappa shape index (κ3) is 5.74. The first-order valence-electron chi connectivity index (χ1n) is 6.86. The molecule has 0 radical (unpaired) electrons. The highest BCUT2D eigenvalue weighted by molar-refractivity contribution is 5.99. The Balaban J connectivity index is 2.36. The zero-order chi connectivity index (χ0) is 15.8. The van der Waals surface area contributed by atoms with Crippen LogP contribution in [0.25, 0.3) is 0 Å². The molecule has 0 saturated carbocycles. The largest absolute Gasteiger partial charge is 0.368 e. The van der Waals surface area contributed by atoms with E-state index < -0.39 is 11.9 Å². The first-order valence-corrected chi connectivity index (χ1v) is 6.86. The van der Waals surface area contributed by atoms with E-state index in [4.69, 9.17) is 11.5 Å². The molecular formula is C15H21N3O3. The standard InChI is InChI=1S/C15H21N3O3/c1-10(19)11-5-4-6-12(9-11)15(21)18-8-3-2-7-13(16)14(17)20/h4-6,9,13H,2-3,7-8,16H2,1H3,(H2,17,20)(H,18,21). The fourth-order valence-electron chi connectivity index (χ4n) is 1.81. The van der Waals surface area contributed by atoms with E-state index in [1.54, 1.807) is 24.3 Å². The van der Waals surface area contributed by atoms with Gasteiger partial charge in [0, 0.05) is 17.7 Å². The van der Waals surface area contributed by atoms with Crippen molar-refractivity contribution in [2.45, 2.75) is 32.2 Å². The molecule has 0 fully saturated rings. The van der Waals surface area contributed by atoms with E-state index in [0.29, 0.717) is 36.9 Å². The molecule has 0 aromatic heterocycles. The van der Waals surface area contributed by atoms with Gasteiger partial charge in [-0.3, -0.25) is 14.4 Å². The maximum Gasteiger partial charge on any atom is 0.251 e. The van der Waals surface area contributed by atoms with Crippen molar-refractivity contribution in [1.29, 1.82) is 0 Å². The number of ketones is 1. The number of carbonyl (C=O) groups is 3. The molecule has 21 heavy (non-hydrogen) atoms. The Morgan fingerprint density at radius 1 is 1.19 bits per heavy atom. The van der Waals surface area contributed by atoms with Gasteiger partial charge in [-0.2, -0.15) is 0 Å². The molecule has 0 aliphatic rings. The van der Waals surface area contributed by atoms with Crippen molar-refractivity contribution in [3.05, 3.63) is 35.4 Å². The molecule has 2 amide bonds. The Hall–Kier alpha value is -2.21. The van der Waals surface area contributed by atoms with Gasteiger partial charge in [-0.1, -0.05) is 12.1 Å². The number of carbonyl (C=O) groups excluding carboxylic acids is 3. The minimum absolute atomic E-state index is 0.0786. The number of primary amides is 1. The molecule has 6 heteroatoms. The Bertz CT molecular complexity index is 529. The Morgan fingerprint density at radius 2 is 1.86 bits per heavy atom. The number of nitrogens with one attached hydrogen (secondary N) is 1. The lowest BCUT2D eigenvalue weighted by molar-refractivity contribution is -0.119. The second-order valence-electron chi connectivity index (χ2n) is 4.90. The highest BCUT2D eigenvalue weighted by Gasteiger charge is 2.09. The molecule has 0 heterocycles. The van der Waals surface area contributed by atoms with Gasteiger partial charge in [0.2, 0.25) is 5.91 Å². The van der Waals surface area contributed by atoms with Crippen molar-refractivity contribution in [3.63, 3.8) is 0 Å². The number of Topliss-reactive ketones (excluding diaryl/α,β-unsaturated/α-hetero) is 1. The van der Waals surface area contributed by atoms with E-state index >= 15 is 0 Å². The second-order valence-corrected chi connectivity index (χ2v) is 4.90. The van der Waals surface area contributed by atoms with Gasteiger partial charge in [0.1, 0.15) is 0 Å². The van der Waals surface area contributed by atoms with Crippen LogP contribution in [0.2, 0.25) is 0 Å². The normalized spacial score (nSPS) is 11.7. The summed E-state index contributed by atoms with van der Waals surface area (Å²) in [5.41, 5.74) is 11.5. The van der Waals surface area contributed by atoms with Crippen LogP contribution in [-0.4, -0.2) is 30.2 Å². The summed E-state index contributed by atoms with van der Waals surface area (Å²) in [5.74, 6) is -0.817. The lowest BCUT2D eigenvalue weighted by Gasteiger charge is -2.08. The van der Waals surface area contributed by atoms with Gasteiger partial charge in [-0.25, -0.2) is 0 Å². The second kappa shape index (κ2) is 8.16. The van der Waals surface area contributed by atoms with Gasteiger partial charge in [0.15, 0.2) is 5.78 Å². The summed E-state index contributed by atoms with van der Waals surface area (Å²) in [4.78, 5) is 33.9. The van der Waals surface area contributed by atoms with Gasteiger partial charge >= 0.3 is 0 Å². The van der Waals surface area contributed by atoms with Crippen molar-refractivity contribution in [1.82, 2.24) is 5.32 Å². The number of amides is 2. The zero-order valence-corrected chi connectivity index (χ0v) is 12.1. The molecule has 1 atom stereocenters. The number of hydrogen-bond acceptors (Lipinski definition) is 4. The fraction of sp³-hybridized carbons (Fsp3) is 0.400. The predicted molar refractivity (Wildman–Crippen MR) is 79.8 cm³/mol. The Labute approximate surface area is 123 Å². The van der Waals surface area contributed by atoms with Gasteiger partial charge in [-0.15, -0.1) is 0 Å². The third-order valence-electron chi connectivity index (χ3n) is 3.12. The first-order chi connectivity index (χ1) is 9.91. The summed E-state index contributed by atoms with van der Waals surface area (Å²) in [6.45, 7) is 1.94. The maximum atomic E-state index is 11.9. The quantitative estimate of drug-likeness (QED) is 0.480. The van der Waals surface area contributed by atoms with Crippen LogP contribution in [0.1, 0.15) is 46.9 Å². The van der Waals surface area contributed by atoms with Crippen LogP contribution in [-0.2, 0) is 4.79 Å². The summed E-state index contributed by atoms with van der Waals surface area (Å²) in [7, 11) is 0. The third-order valence-corrected chi connectivity index (χ3v) is 3.12. The number of unbranched alkanes of at least 4 members (excludes halogenated alkanes) is 1. The SMILES string of the molecule is CC(=O)c1cccc(C(=O)NCCCCC(N)C(N)=O)c1. The van der Waals surface area contributed by atoms with Crippen molar-refractivity contribution < 1.29 is 14.4 Å². The average Bonchev–Trinajstić information content (AvgIpc) is 2.46. The number of nitrogens with two attached hydrogens (primary N) is 2. The number of benzene rings is 1. The van der Waals surface area contributed by atoms with Gasteiger partial charge in [-0.05, 0) is 38.3 Å². The fourth-order valence-corrected chi connectivity index (χ4v) is 1.81. The summed E-state index contributed by atoms with van der Waals surface area (Å²) in [5, 5.41) is 2.76. The molecule has 1 aromatic rings. The summed E-state index contributed by atoms with van der Waals surface area (Å²) in [6, 6.07) is 5.95. The van der Waals surface area contributed by atoms with Crippen LogP contribution < -0.4 is 16.8 Å². The molecule has 0 saturated heterocycles. The van der Waals surface area contributed by atoms with E-state index in [1.165, 1.54) is 6.92 Å². The van der Waals surface area contributed by atoms with Crippen LogP contribution >= 0.6 is 0 Å². The molecule has 1 rings (SSSR count). The van der Waals surface area contributed by atoms with Crippen LogP contribution in [0.3, 0.4) is 0 Å². The molecule has 6 nitrogen and oxygen atoms in total. The topological polar surface area (TPSA) is 115 Å². The molecule has 0 spiro atoms. The van der Waals surface area contributed by atoms with E-state index in [1.807, 2.05) is 0 Å². The van der Waals surface area contributed by atoms with Gasteiger partial charge < -0.3 is 16.8 Å². The van der Waals surface area contributed by atoms with Crippen LogP contribution in [0.15, 0.2) is 24.3 Å². The van der Waals surface area contributed by atoms with Crippen molar-refractivity contribution in [2.24, 2.45) is 11.5 Å². The van der Waals surface area contributed by atoms with Crippen molar-refractivity contribution in [2.75, 3.05) is 6.54 Å². The smallest absolute Gasteiger partial charge is 0.251 e. The predicted octanol–water partition coefficient (Wildman–Crippen LogP) is 0.602. The van der Waals surface area contributed by atoms with E-state index in [-0.39, 0.29) is 11.7 Å². The summed E-state index contributed by atoms with van der Waals surface area (Å²) in [6.07, 6.45) is 1.92. The van der Waals surface area contributed by atoms with Gasteiger partial charge in [0.25, 0.3) is 5.91 Å². The molecule has 1 unspecified atom stereocenters. The summed E-state index contributed by atoms with van der Waals surface area (Å²) < 4.78 is 0. The average molecular weight is 291 g/mol. The van der Waals surface area contributed by atoms with Crippen molar-refractivity contribution >= 4 is 17.6 Å². The van der Waals surface area contributed by atoms with Crippen LogP contribution in [0.5, 0.6) is 0 Å². The molecule has 0 aliphatic heterocycles. The lowest BCUT2D eigenvalue weighted by Crippen LogP contribution is -2.36. The Morgan fingerprint density at radius 3 is 2.48 bits per heavy atom. The number of rotatable bonds is 8. The lowest BCUT2D eigenvalue weighted by atomic mass is 10.1. The highest BCUT2D eigenvalue weighted by Crippen LogP contribution is 2.06. The van der Waals surface area contributed by atoms with E-state index in [0.717, 1.165) is 0 Å². The van der Waals surface area contributed by atoms with Crippen LogP contribution in [0, 0.1) is 0 Å². The first kappa shape index (κ1) is 16.8. The molecule has 0 aliphatic carbocycles. The summed E-state index contributed by atoms with van der Waals surface area (Å²) >= 11 is 0. The monoisotopic (exact) mass is 291 g/mol. The molecular weight excluding hydrogens is 270 g/mol. The Kier molecular flexibility index (Phi) is 6.55. The molecule has 5 N–H and O–H groups in total. The van der Waals surface area contributed by atoms with E-state index in [9.17, 15) is 14.4 Å². The van der Waals surface area contributed by atoms with Gasteiger partial charge in [0.05, 0.1) is 6.04 Å². The van der Waals surface area contributed by atoms with E-state index in [2.05, 4.69) is 5.32 Å². The molecule has 1 aromatic carbocycles. The highest BCUT2D eigenvalue weighted by atomic mass is 16.2. The minimum atomic E-state index is -0.632. The molecule has 0 bridgehead atoms.